The fourth-order valence-electron chi connectivity index (χ4n) is 2.81. The Kier molecular flexibility index (Phi) is 7.67. The zero-order valence-corrected chi connectivity index (χ0v) is 19.1. The molecule has 0 fully saturated rings. The summed E-state index contributed by atoms with van der Waals surface area (Å²) in [4.78, 5) is 0. The Bertz CT molecular complexity index is 1060. The maximum Gasteiger partial charge on any atom is 0.673 e. The summed E-state index contributed by atoms with van der Waals surface area (Å²) in [5, 5.41) is 0. The van der Waals surface area contributed by atoms with Gasteiger partial charge in [-0.25, -0.2) is 4.42 Å². The van der Waals surface area contributed by atoms with E-state index in [1.54, 1.807) is 0 Å². The first-order valence-electron chi connectivity index (χ1n) is 9.12. The molecule has 4 aromatic rings. The van der Waals surface area contributed by atoms with Crippen LogP contribution in [0, 0.1) is 0 Å². The highest BCUT2D eigenvalue weighted by Crippen LogP contribution is 2.33. The monoisotopic (exact) mass is 552 g/mol. The minimum atomic E-state index is -6.00. The first kappa shape index (κ1) is 23.2. The standard InChI is InChI=1S/C23H15Br2O.BF4/c24-20-10-6-16(7-11-20)19-14-22(17-4-2-1-3-5-17)26-23(15-19)18-8-12-21(25)13-9-18;2-1(3,4)5/h1-15H;/q+1;-1. The summed E-state index contributed by atoms with van der Waals surface area (Å²) in [5.74, 6) is 1.70. The molecule has 1 aromatic heterocycles. The van der Waals surface area contributed by atoms with Gasteiger partial charge in [-0.05, 0) is 54.1 Å². The maximum absolute atomic E-state index is 9.75. The maximum atomic E-state index is 9.75. The molecule has 0 amide bonds. The number of benzene rings is 3. The van der Waals surface area contributed by atoms with Gasteiger partial charge in [-0.1, -0.05) is 62.2 Å². The fourth-order valence-corrected chi connectivity index (χ4v) is 3.34. The van der Waals surface area contributed by atoms with Gasteiger partial charge in [0.25, 0.3) is 0 Å². The van der Waals surface area contributed by atoms with Crippen LogP contribution < -0.4 is 0 Å². The molecule has 1 nitrogen and oxygen atoms in total. The molecular formula is C23H15BBr2F4O. The molecule has 158 valence electrons. The van der Waals surface area contributed by atoms with Gasteiger partial charge in [0.1, 0.15) is 0 Å². The van der Waals surface area contributed by atoms with Crippen molar-refractivity contribution in [1.29, 1.82) is 0 Å². The molecule has 0 bridgehead atoms. The van der Waals surface area contributed by atoms with Crippen LogP contribution in [0.15, 0.2) is 104 Å². The minimum absolute atomic E-state index is 0.844. The van der Waals surface area contributed by atoms with Crippen LogP contribution >= 0.6 is 31.9 Å². The summed E-state index contributed by atoms with van der Waals surface area (Å²) in [5.41, 5.74) is 4.38. The van der Waals surface area contributed by atoms with Crippen LogP contribution in [0.25, 0.3) is 33.8 Å². The van der Waals surface area contributed by atoms with E-state index in [0.29, 0.717) is 0 Å². The van der Waals surface area contributed by atoms with E-state index in [-0.39, 0.29) is 0 Å². The van der Waals surface area contributed by atoms with E-state index in [9.17, 15) is 17.3 Å². The van der Waals surface area contributed by atoms with Gasteiger partial charge >= 0.3 is 18.8 Å². The van der Waals surface area contributed by atoms with Gasteiger partial charge in [-0.3, -0.25) is 0 Å². The van der Waals surface area contributed by atoms with E-state index in [1.807, 2.05) is 30.3 Å². The van der Waals surface area contributed by atoms with E-state index in [4.69, 9.17) is 4.42 Å². The third-order valence-electron chi connectivity index (χ3n) is 4.16. The van der Waals surface area contributed by atoms with Crippen molar-refractivity contribution in [3.8, 4) is 33.8 Å². The van der Waals surface area contributed by atoms with Gasteiger partial charge in [-0.2, -0.15) is 0 Å². The van der Waals surface area contributed by atoms with E-state index >= 15 is 0 Å². The molecule has 4 rings (SSSR count). The van der Waals surface area contributed by atoms with E-state index in [1.165, 1.54) is 0 Å². The third kappa shape index (κ3) is 7.33. The largest absolute Gasteiger partial charge is 0.673 e. The Morgan fingerprint density at radius 1 is 0.516 bits per heavy atom. The molecular weight excluding hydrogens is 539 g/mol. The van der Waals surface area contributed by atoms with Crippen LogP contribution in [0.2, 0.25) is 0 Å². The van der Waals surface area contributed by atoms with Crippen LogP contribution in [-0.4, -0.2) is 7.25 Å². The van der Waals surface area contributed by atoms with Crippen LogP contribution in [-0.2, 0) is 0 Å². The highest BCUT2D eigenvalue weighted by Gasteiger charge is 2.21. The van der Waals surface area contributed by atoms with Crippen molar-refractivity contribution in [2.75, 3.05) is 0 Å². The molecule has 0 spiro atoms. The molecule has 0 radical (unpaired) electrons. The zero-order valence-electron chi connectivity index (χ0n) is 15.9. The predicted octanol–water partition coefficient (Wildman–Crippen LogP) is 9.39. The van der Waals surface area contributed by atoms with Crippen molar-refractivity contribution in [3.63, 3.8) is 0 Å². The molecule has 0 atom stereocenters. The van der Waals surface area contributed by atoms with Crippen molar-refractivity contribution < 1.29 is 21.7 Å². The molecule has 0 aliphatic rings. The zero-order chi connectivity index (χ0) is 22.4. The van der Waals surface area contributed by atoms with E-state index in [2.05, 4.69) is 92.5 Å². The highest BCUT2D eigenvalue weighted by molar-refractivity contribution is 9.10. The lowest BCUT2D eigenvalue weighted by Crippen LogP contribution is -2.02. The average molecular weight is 554 g/mol. The second kappa shape index (κ2) is 10.2. The summed E-state index contributed by atoms with van der Waals surface area (Å²) in [6, 6.07) is 30.9. The molecule has 0 N–H and O–H groups in total. The van der Waals surface area contributed by atoms with Gasteiger partial charge in [0.05, 0.1) is 23.3 Å². The first-order valence-corrected chi connectivity index (χ1v) is 10.7. The van der Waals surface area contributed by atoms with Gasteiger partial charge in [0.15, 0.2) is 0 Å². The van der Waals surface area contributed by atoms with Gasteiger partial charge < -0.3 is 17.3 Å². The molecule has 0 unspecified atom stereocenters. The van der Waals surface area contributed by atoms with E-state index < -0.39 is 7.25 Å². The summed E-state index contributed by atoms with van der Waals surface area (Å²) >= 11 is 7.00. The number of hydrogen-bond acceptors (Lipinski definition) is 0. The number of hydrogen-bond donors (Lipinski definition) is 0. The Morgan fingerprint density at radius 2 is 0.903 bits per heavy atom. The molecule has 0 saturated carbocycles. The molecule has 0 aliphatic carbocycles. The lowest BCUT2D eigenvalue weighted by atomic mass is 10.0. The second-order valence-corrected chi connectivity index (χ2v) is 8.28. The minimum Gasteiger partial charge on any atom is -0.418 e. The topological polar surface area (TPSA) is 11.3 Å². The van der Waals surface area contributed by atoms with Gasteiger partial charge in [0, 0.05) is 14.5 Å². The fraction of sp³-hybridized carbons (Fsp3) is 0. The highest BCUT2D eigenvalue weighted by atomic mass is 79.9. The first-order chi connectivity index (χ1) is 14.7. The van der Waals surface area contributed by atoms with E-state index in [0.717, 1.165) is 42.7 Å². The number of rotatable bonds is 3. The van der Waals surface area contributed by atoms with Crippen LogP contribution in [0.1, 0.15) is 0 Å². The lowest BCUT2D eigenvalue weighted by molar-refractivity contribution is 0.368. The van der Waals surface area contributed by atoms with Crippen LogP contribution in [0.3, 0.4) is 0 Å². The summed E-state index contributed by atoms with van der Waals surface area (Å²) in [6.07, 6.45) is 0. The van der Waals surface area contributed by atoms with Crippen LogP contribution in [0.4, 0.5) is 17.3 Å². The molecule has 8 heteroatoms. The average Bonchev–Trinajstić information content (AvgIpc) is 2.74. The van der Waals surface area contributed by atoms with Crippen molar-refractivity contribution in [2.24, 2.45) is 0 Å². The van der Waals surface area contributed by atoms with Crippen molar-refractivity contribution in [3.05, 3.63) is 99.9 Å². The third-order valence-corrected chi connectivity index (χ3v) is 5.22. The summed E-state index contributed by atoms with van der Waals surface area (Å²) in [7, 11) is -6.00. The smallest absolute Gasteiger partial charge is 0.418 e. The second-order valence-electron chi connectivity index (χ2n) is 6.45. The van der Waals surface area contributed by atoms with Crippen molar-refractivity contribution >= 4 is 39.1 Å². The SMILES string of the molecule is Brc1ccc(-c2cc(-c3ccccc3)[o+]c(-c3ccc(Br)cc3)c2)cc1.F[B-](F)(F)F. The molecule has 31 heavy (non-hydrogen) atoms. The Hall–Kier alpha value is -2.45. The Balaban J connectivity index is 0.000000491. The molecule has 1 heterocycles. The molecule has 3 aromatic carbocycles. The van der Waals surface area contributed by atoms with Crippen molar-refractivity contribution in [2.45, 2.75) is 0 Å². The summed E-state index contributed by atoms with van der Waals surface area (Å²) < 4.78 is 47.4. The normalized spacial score (nSPS) is 10.9. The number of halogens is 6. The Labute approximate surface area is 194 Å². The molecule has 0 aliphatic heterocycles. The van der Waals surface area contributed by atoms with Crippen molar-refractivity contribution in [1.82, 2.24) is 0 Å². The van der Waals surface area contributed by atoms with Crippen LogP contribution in [0.5, 0.6) is 0 Å². The predicted molar refractivity (Wildman–Crippen MR) is 125 cm³/mol. The van der Waals surface area contributed by atoms with Gasteiger partial charge in [-0.15, -0.1) is 0 Å². The lowest BCUT2D eigenvalue weighted by Gasteiger charge is -2.03. The Morgan fingerprint density at radius 3 is 1.35 bits per heavy atom. The van der Waals surface area contributed by atoms with Gasteiger partial charge in [0.2, 0.25) is 0 Å². The quantitative estimate of drug-likeness (QED) is 0.140. The molecule has 0 saturated heterocycles. The summed E-state index contributed by atoms with van der Waals surface area (Å²) in [6.45, 7) is 0.